The molecule has 1 aromatic carbocycles. The molecule has 0 saturated heterocycles. The van der Waals surface area contributed by atoms with Crippen LogP contribution in [0.5, 0.6) is 11.5 Å². The van der Waals surface area contributed by atoms with Crippen molar-refractivity contribution < 1.29 is 28.2 Å². The molecule has 3 rings (SSSR count). The predicted molar refractivity (Wildman–Crippen MR) is 94.0 cm³/mol. The third kappa shape index (κ3) is 3.79. The van der Waals surface area contributed by atoms with Crippen LogP contribution in [0.2, 0.25) is 0 Å². The maximum absolute atomic E-state index is 12.5. The van der Waals surface area contributed by atoms with Crippen molar-refractivity contribution in [2.24, 2.45) is 0 Å². The van der Waals surface area contributed by atoms with Crippen molar-refractivity contribution in [1.29, 1.82) is 0 Å². The van der Waals surface area contributed by atoms with Gasteiger partial charge in [-0.3, -0.25) is 9.59 Å². The Kier molecular flexibility index (Phi) is 5.16. The van der Waals surface area contributed by atoms with Crippen LogP contribution in [-0.4, -0.2) is 44.1 Å². The molecule has 0 spiro atoms. The van der Waals surface area contributed by atoms with Gasteiger partial charge in [0.15, 0.2) is 23.4 Å². The number of carbonyl (C=O) groups is 2. The summed E-state index contributed by atoms with van der Waals surface area (Å²) in [6.45, 7) is 1.53. The summed E-state index contributed by atoms with van der Waals surface area (Å²) >= 11 is 0. The molecule has 2 aromatic rings. The molecular formula is C19H19NO7. The highest BCUT2D eigenvalue weighted by atomic mass is 16.6. The number of nitrogens with zero attached hydrogens (tertiary/aromatic N) is 1. The van der Waals surface area contributed by atoms with Gasteiger partial charge in [0.05, 0.1) is 7.11 Å². The van der Waals surface area contributed by atoms with E-state index in [4.69, 9.17) is 13.9 Å². The molecule has 1 aliphatic heterocycles. The van der Waals surface area contributed by atoms with Crippen molar-refractivity contribution in [3.63, 3.8) is 0 Å². The van der Waals surface area contributed by atoms with E-state index >= 15 is 0 Å². The smallest absolute Gasteiger partial charge is 0.349 e. The summed E-state index contributed by atoms with van der Waals surface area (Å²) in [6.07, 6.45) is -0.608. The number of hydrogen-bond donors (Lipinski definition) is 0. The fourth-order valence-electron chi connectivity index (χ4n) is 2.73. The van der Waals surface area contributed by atoms with Crippen LogP contribution in [0.15, 0.2) is 39.5 Å². The van der Waals surface area contributed by atoms with Gasteiger partial charge in [-0.25, -0.2) is 4.79 Å². The molecule has 8 heteroatoms. The molecule has 0 saturated carbocycles. The van der Waals surface area contributed by atoms with Crippen LogP contribution in [0.1, 0.15) is 27.8 Å². The second-order valence-electron chi connectivity index (χ2n) is 6.10. The van der Waals surface area contributed by atoms with Gasteiger partial charge in [-0.05, 0) is 30.7 Å². The Labute approximate surface area is 155 Å². The molecular weight excluding hydrogens is 354 g/mol. The first-order valence-electron chi connectivity index (χ1n) is 8.26. The van der Waals surface area contributed by atoms with Crippen molar-refractivity contribution in [3.05, 3.63) is 57.6 Å². The molecule has 1 unspecified atom stereocenters. The van der Waals surface area contributed by atoms with Gasteiger partial charge in [0.2, 0.25) is 0 Å². The highest BCUT2D eigenvalue weighted by Gasteiger charge is 2.28. The molecule has 0 fully saturated rings. The van der Waals surface area contributed by atoms with Crippen LogP contribution >= 0.6 is 0 Å². The molecule has 0 radical (unpaired) electrons. The van der Waals surface area contributed by atoms with E-state index in [1.165, 1.54) is 14.2 Å². The number of amides is 1. The maximum Gasteiger partial charge on any atom is 0.349 e. The SMILES string of the molecule is COC(=O)CN(C)C(=O)c1c(C)cc(C2COc3ccccc3O2)oc1=O. The lowest BCUT2D eigenvalue weighted by atomic mass is 10.1. The molecule has 1 amide bonds. The van der Waals surface area contributed by atoms with Crippen LogP contribution < -0.4 is 15.1 Å². The Morgan fingerprint density at radius 1 is 1.26 bits per heavy atom. The van der Waals surface area contributed by atoms with Gasteiger partial charge in [0, 0.05) is 7.05 Å². The number of rotatable bonds is 4. The summed E-state index contributed by atoms with van der Waals surface area (Å²) in [4.78, 5) is 37.4. The average molecular weight is 373 g/mol. The average Bonchev–Trinajstić information content (AvgIpc) is 2.66. The van der Waals surface area contributed by atoms with Gasteiger partial charge in [0.25, 0.3) is 5.91 Å². The summed E-state index contributed by atoms with van der Waals surface area (Å²) in [5.41, 5.74) is -0.512. The van der Waals surface area contributed by atoms with Crippen molar-refractivity contribution in [2.75, 3.05) is 27.3 Å². The molecule has 1 aromatic heterocycles. The van der Waals surface area contributed by atoms with Gasteiger partial charge in [-0.15, -0.1) is 0 Å². The summed E-state index contributed by atoms with van der Waals surface area (Å²) in [6, 6.07) is 8.75. The van der Waals surface area contributed by atoms with E-state index in [0.717, 1.165) is 4.90 Å². The van der Waals surface area contributed by atoms with E-state index in [1.54, 1.807) is 25.1 Å². The monoisotopic (exact) mass is 373 g/mol. The molecule has 1 aliphatic rings. The normalized spacial score (nSPS) is 15.1. The van der Waals surface area contributed by atoms with Crippen LogP contribution in [0, 0.1) is 6.92 Å². The number of hydrogen-bond acceptors (Lipinski definition) is 7. The van der Waals surface area contributed by atoms with E-state index in [9.17, 15) is 14.4 Å². The van der Waals surface area contributed by atoms with Crippen molar-refractivity contribution in [3.8, 4) is 11.5 Å². The zero-order chi connectivity index (χ0) is 19.6. The second kappa shape index (κ2) is 7.53. The van der Waals surface area contributed by atoms with Gasteiger partial charge < -0.3 is 23.5 Å². The first-order chi connectivity index (χ1) is 12.9. The van der Waals surface area contributed by atoms with Crippen molar-refractivity contribution >= 4 is 11.9 Å². The van der Waals surface area contributed by atoms with Gasteiger partial charge >= 0.3 is 11.6 Å². The summed E-state index contributed by atoms with van der Waals surface area (Å²) in [5, 5.41) is 0. The van der Waals surface area contributed by atoms with E-state index in [1.807, 2.05) is 12.1 Å². The topological polar surface area (TPSA) is 95.3 Å². The standard InChI is InChI=1S/C19H19NO7/c1-11-8-14(15-10-25-12-6-4-5-7-13(12)26-15)27-19(23)17(11)18(22)20(2)9-16(21)24-3/h4-8,15H,9-10H2,1-3H3. The summed E-state index contributed by atoms with van der Waals surface area (Å²) in [5.74, 6) is 0.218. The summed E-state index contributed by atoms with van der Waals surface area (Å²) in [7, 11) is 2.63. The third-order valence-electron chi connectivity index (χ3n) is 4.15. The highest BCUT2D eigenvalue weighted by molar-refractivity contribution is 5.96. The van der Waals surface area contributed by atoms with E-state index in [0.29, 0.717) is 17.1 Å². The number of likely N-dealkylation sites (N-methyl/N-ethyl adjacent to an activating group) is 1. The minimum atomic E-state index is -0.797. The largest absolute Gasteiger partial charge is 0.485 e. The fraction of sp³-hybridized carbons (Fsp3) is 0.316. The lowest BCUT2D eigenvalue weighted by Crippen LogP contribution is -2.36. The Balaban J connectivity index is 1.84. The quantitative estimate of drug-likeness (QED) is 0.753. The van der Waals surface area contributed by atoms with Crippen LogP contribution in [-0.2, 0) is 9.53 Å². The first kappa shape index (κ1) is 18.5. The summed E-state index contributed by atoms with van der Waals surface area (Å²) < 4.78 is 21.3. The number of fused-ring (bicyclic) bond motifs is 1. The van der Waals surface area contributed by atoms with Crippen LogP contribution in [0.25, 0.3) is 0 Å². The zero-order valence-corrected chi connectivity index (χ0v) is 15.2. The fourth-order valence-corrected chi connectivity index (χ4v) is 2.73. The first-order valence-corrected chi connectivity index (χ1v) is 8.26. The Morgan fingerprint density at radius 2 is 1.96 bits per heavy atom. The number of para-hydroxylation sites is 2. The highest BCUT2D eigenvalue weighted by Crippen LogP contribution is 2.35. The van der Waals surface area contributed by atoms with Crippen molar-refractivity contribution in [1.82, 2.24) is 4.90 Å². The van der Waals surface area contributed by atoms with Crippen molar-refractivity contribution in [2.45, 2.75) is 13.0 Å². The van der Waals surface area contributed by atoms with Crippen LogP contribution in [0.3, 0.4) is 0 Å². The third-order valence-corrected chi connectivity index (χ3v) is 4.15. The molecule has 2 heterocycles. The number of ether oxygens (including phenoxy) is 3. The molecule has 0 N–H and O–H groups in total. The number of aryl methyl sites for hydroxylation is 1. The second-order valence-corrected chi connectivity index (χ2v) is 6.10. The Bertz CT molecular complexity index is 934. The zero-order valence-electron chi connectivity index (χ0n) is 15.2. The number of methoxy groups -OCH3 is 1. The van der Waals surface area contributed by atoms with Gasteiger partial charge in [0.1, 0.15) is 18.7 Å². The molecule has 0 bridgehead atoms. The Morgan fingerprint density at radius 3 is 2.63 bits per heavy atom. The minimum Gasteiger partial charge on any atom is -0.485 e. The van der Waals surface area contributed by atoms with Crippen LogP contribution in [0.4, 0.5) is 0 Å². The maximum atomic E-state index is 12.5. The lowest BCUT2D eigenvalue weighted by Gasteiger charge is -2.26. The van der Waals surface area contributed by atoms with E-state index in [2.05, 4.69) is 4.74 Å². The predicted octanol–water partition coefficient (Wildman–Crippen LogP) is 1.71. The number of esters is 1. The molecule has 27 heavy (non-hydrogen) atoms. The molecule has 1 atom stereocenters. The molecule has 142 valence electrons. The number of benzene rings is 1. The van der Waals surface area contributed by atoms with Gasteiger partial charge in [-0.2, -0.15) is 0 Å². The lowest BCUT2D eigenvalue weighted by molar-refractivity contribution is -0.141. The minimum absolute atomic E-state index is 0.137. The molecule has 0 aliphatic carbocycles. The Hall–Kier alpha value is -3.29. The molecule has 8 nitrogen and oxygen atoms in total. The van der Waals surface area contributed by atoms with E-state index < -0.39 is 23.6 Å². The van der Waals surface area contributed by atoms with Gasteiger partial charge in [-0.1, -0.05) is 12.1 Å². The number of carbonyl (C=O) groups excluding carboxylic acids is 2. The van der Waals surface area contributed by atoms with E-state index in [-0.39, 0.29) is 24.5 Å².